The second-order valence-corrected chi connectivity index (χ2v) is 5.14. The first-order valence-electron chi connectivity index (χ1n) is 5.68. The number of rotatable bonds is 4. The molecule has 0 saturated carbocycles. The normalized spacial score (nSPS) is 13.2. The van der Waals surface area contributed by atoms with Gasteiger partial charge in [-0.15, -0.1) is 11.3 Å². The van der Waals surface area contributed by atoms with Gasteiger partial charge in [-0.3, -0.25) is 0 Å². The van der Waals surface area contributed by atoms with Crippen LogP contribution in [-0.2, 0) is 6.18 Å². The molecule has 0 aliphatic rings. The highest BCUT2D eigenvalue weighted by Crippen LogP contribution is 2.31. The van der Waals surface area contributed by atoms with Gasteiger partial charge in [-0.25, -0.2) is 15.0 Å². The van der Waals surface area contributed by atoms with Crippen LogP contribution in [0.15, 0.2) is 17.6 Å². The van der Waals surface area contributed by atoms with Crippen LogP contribution in [0.3, 0.4) is 0 Å². The summed E-state index contributed by atoms with van der Waals surface area (Å²) in [5.41, 5.74) is -1.08. The van der Waals surface area contributed by atoms with Crippen molar-refractivity contribution in [2.45, 2.75) is 25.6 Å². The lowest BCUT2D eigenvalue weighted by atomic mass is 10.2. The first-order valence-corrected chi connectivity index (χ1v) is 6.93. The third-order valence-corrected chi connectivity index (χ3v) is 3.53. The maximum absolute atomic E-state index is 12.7. The van der Waals surface area contributed by atoms with Crippen LogP contribution in [0.4, 0.5) is 19.0 Å². The minimum Gasteiger partial charge on any atom is -0.361 e. The van der Waals surface area contributed by atoms with Gasteiger partial charge in [0.15, 0.2) is 5.69 Å². The lowest BCUT2D eigenvalue weighted by molar-refractivity contribution is -0.141. The van der Waals surface area contributed by atoms with Gasteiger partial charge >= 0.3 is 6.18 Å². The number of aromatic nitrogens is 3. The molecule has 0 radical (unpaired) electrons. The summed E-state index contributed by atoms with van der Waals surface area (Å²) in [7, 11) is 0. The van der Waals surface area contributed by atoms with Crippen molar-refractivity contribution in [2.75, 3.05) is 5.32 Å². The summed E-state index contributed by atoms with van der Waals surface area (Å²) in [6.45, 7) is 1.90. The number of alkyl halides is 3. The smallest absolute Gasteiger partial charge is 0.361 e. The van der Waals surface area contributed by atoms with E-state index in [4.69, 9.17) is 11.6 Å². The molecule has 0 aromatic carbocycles. The highest BCUT2D eigenvalue weighted by Gasteiger charge is 2.33. The number of halogens is 4. The van der Waals surface area contributed by atoms with Crippen molar-refractivity contribution in [1.82, 2.24) is 15.0 Å². The molecular formula is C11H10ClF3N4S. The fourth-order valence-electron chi connectivity index (χ4n) is 1.56. The van der Waals surface area contributed by atoms with E-state index >= 15 is 0 Å². The van der Waals surface area contributed by atoms with Gasteiger partial charge in [-0.05, 0) is 18.0 Å². The van der Waals surface area contributed by atoms with E-state index in [1.807, 2.05) is 6.92 Å². The molecule has 0 fully saturated rings. The summed E-state index contributed by atoms with van der Waals surface area (Å²) in [5.74, 6) is 0.0272. The van der Waals surface area contributed by atoms with E-state index in [0.717, 1.165) is 11.1 Å². The highest BCUT2D eigenvalue weighted by molar-refractivity contribution is 7.09. The molecule has 0 saturated heterocycles. The Kier molecular flexibility index (Phi) is 4.44. The predicted molar refractivity (Wildman–Crippen MR) is 70.8 cm³/mol. The van der Waals surface area contributed by atoms with E-state index in [0.29, 0.717) is 6.42 Å². The molecule has 0 amide bonds. The predicted octanol–water partition coefficient (Wildman–Crippen LogP) is 4.17. The minimum absolute atomic E-state index is 0.0272. The molecule has 2 heterocycles. The van der Waals surface area contributed by atoms with Crippen LogP contribution in [0.1, 0.15) is 30.1 Å². The van der Waals surface area contributed by atoms with Crippen molar-refractivity contribution in [1.29, 1.82) is 0 Å². The van der Waals surface area contributed by atoms with Crippen LogP contribution in [0.5, 0.6) is 0 Å². The molecule has 1 unspecified atom stereocenters. The van der Waals surface area contributed by atoms with Gasteiger partial charge in [-0.2, -0.15) is 13.2 Å². The molecule has 2 rings (SSSR count). The van der Waals surface area contributed by atoms with Crippen LogP contribution >= 0.6 is 22.9 Å². The van der Waals surface area contributed by atoms with Crippen molar-refractivity contribution in [3.63, 3.8) is 0 Å². The lowest BCUT2D eigenvalue weighted by Gasteiger charge is -2.16. The quantitative estimate of drug-likeness (QED) is 0.858. The van der Waals surface area contributed by atoms with Gasteiger partial charge in [0.05, 0.1) is 6.04 Å². The molecule has 1 N–H and O–H groups in total. The zero-order valence-corrected chi connectivity index (χ0v) is 11.9. The average molecular weight is 323 g/mol. The summed E-state index contributed by atoms with van der Waals surface area (Å²) >= 11 is 6.95. The summed E-state index contributed by atoms with van der Waals surface area (Å²) in [6.07, 6.45) is -2.28. The number of nitrogens with one attached hydrogen (secondary N) is 1. The molecule has 0 aliphatic carbocycles. The maximum atomic E-state index is 12.7. The van der Waals surface area contributed by atoms with E-state index in [2.05, 4.69) is 20.3 Å². The van der Waals surface area contributed by atoms with Crippen molar-refractivity contribution >= 4 is 28.8 Å². The average Bonchev–Trinajstić information content (AvgIpc) is 2.88. The molecule has 1 atom stereocenters. The number of anilines is 1. The van der Waals surface area contributed by atoms with Crippen LogP contribution < -0.4 is 5.32 Å². The molecular weight excluding hydrogens is 313 g/mol. The molecule has 20 heavy (non-hydrogen) atoms. The SMILES string of the molecule is CCC(Nc1cc(C(F)(F)F)nc(Cl)n1)c1nccs1. The molecule has 2 aromatic rings. The van der Waals surface area contributed by atoms with E-state index in [9.17, 15) is 13.2 Å². The molecule has 2 aromatic heterocycles. The molecule has 108 valence electrons. The third kappa shape index (κ3) is 3.57. The first-order chi connectivity index (χ1) is 9.40. The standard InChI is InChI=1S/C11H10ClF3N4S/c1-2-6(9-16-3-4-20-9)17-8-5-7(11(13,14)15)18-10(12)19-8/h3-6H,2H2,1H3,(H,17,18,19). The second-order valence-electron chi connectivity index (χ2n) is 3.88. The molecule has 4 nitrogen and oxygen atoms in total. The Hall–Kier alpha value is -1.41. The topological polar surface area (TPSA) is 50.7 Å². The summed E-state index contributed by atoms with van der Waals surface area (Å²) in [4.78, 5) is 11.1. The van der Waals surface area contributed by atoms with E-state index in [1.165, 1.54) is 11.3 Å². The number of hydrogen-bond donors (Lipinski definition) is 1. The second kappa shape index (κ2) is 5.92. The number of nitrogens with zero attached hydrogens (tertiary/aromatic N) is 3. The number of hydrogen-bond acceptors (Lipinski definition) is 5. The van der Waals surface area contributed by atoms with Gasteiger partial charge < -0.3 is 5.32 Å². The Morgan fingerprint density at radius 1 is 1.40 bits per heavy atom. The molecule has 0 aliphatic heterocycles. The van der Waals surface area contributed by atoms with Crippen molar-refractivity contribution in [2.24, 2.45) is 0 Å². The van der Waals surface area contributed by atoms with E-state index < -0.39 is 17.2 Å². The van der Waals surface area contributed by atoms with Gasteiger partial charge in [0, 0.05) is 17.6 Å². The molecule has 0 bridgehead atoms. The largest absolute Gasteiger partial charge is 0.433 e. The highest BCUT2D eigenvalue weighted by atomic mass is 35.5. The molecule has 9 heteroatoms. The van der Waals surface area contributed by atoms with E-state index in [-0.39, 0.29) is 11.9 Å². The van der Waals surface area contributed by atoms with Gasteiger partial charge in [0.1, 0.15) is 10.8 Å². The van der Waals surface area contributed by atoms with Crippen molar-refractivity contribution in [3.05, 3.63) is 33.6 Å². The third-order valence-electron chi connectivity index (χ3n) is 2.47. The summed E-state index contributed by atoms with van der Waals surface area (Å²) in [5, 5.41) is 5.02. The van der Waals surface area contributed by atoms with Gasteiger partial charge in [-0.1, -0.05) is 6.92 Å². The fraction of sp³-hybridized carbons (Fsp3) is 0.364. The van der Waals surface area contributed by atoms with Crippen LogP contribution in [0.25, 0.3) is 0 Å². The van der Waals surface area contributed by atoms with Crippen LogP contribution in [0.2, 0.25) is 5.28 Å². The van der Waals surface area contributed by atoms with Crippen LogP contribution in [0, 0.1) is 0 Å². The van der Waals surface area contributed by atoms with Gasteiger partial charge in [0.2, 0.25) is 5.28 Å². The zero-order valence-electron chi connectivity index (χ0n) is 10.3. The lowest BCUT2D eigenvalue weighted by Crippen LogP contribution is -2.14. The van der Waals surface area contributed by atoms with Crippen molar-refractivity contribution in [3.8, 4) is 0 Å². The monoisotopic (exact) mass is 322 g/mol. The Balaban J connectivity index is 2.27. The van der Waals surface area contributed by atoms with Gasteiger partial charge in [0.25, 0.3) is 0 Å². The Bertz CT molecular complexity index is 574. The number of thiazole rings is 1. The molecule has 0 spiro atoms. The minimum atomic E-state index is -4.56. The zero-order chi connectivity index (χ0) is 14.8. The maximum Gasteiger partial charge on any atom is 0.433 e. The Morgan fingerprint density at radius 3 is 2.70 bits per heavy atom. The van der Waals surface area contributed by atoms with E-state index in [1.54, 1.807) is 11.6 Å². The fourth-order valence-corrected chi connectivity index (χ4v) is 2.52. The van der Waals surface area contributed by atoms with Crippen molar-refractivity contribution < 1.29 is 13.2 Å². The summed E-state index contributed by atoms with van der Waals surface area (Å²) < 4.78 is 38.0. The first kappa shape index (κ1) is 15.0. The Morgan fingerprint density at radius 2 is 2.15 bits per heavy atom. The summed E-state index contributed by atoms with van der Waals surface area (Å²) in [6, 6.07) is 0.615. The van der Waals surface area contributed by atoms with Crippen LogP contribution in [-0.4, -0.2) is 15.0 Å². The Labute approximate surface area is 122 Å².